The van der Waals surface area contributed by atoms with Crippen LogP contribution in [0, 0.1) is 5.41 Å². The monoisotopic (exact) mass is 241 g/mol. The molecular formula is C14H15N3O. The maximum Gasteiger partial charge on any atom is 0.213 e. The maximum absolute atomic E-state index is 8.15. The second-order valence-electron chi connectivity index (χ2n) is 4.44. The Morgan fingerprint density at radius 3 is 2.94 bits per heavy atom. The molecule has 1 aromatic carbocycles. The highest BCUT2D eigenvalue weighted by Gasteiger charge is 2.24. The van der Waals surface area contributed by atoms with Crippen LogP contribution < -0.4 is 0 Å². The number of fused-ring (bicyclic) bond motifs is 1. The van der Waals surface area contributed by atoms with E-state index < -0.39 is 0 Å². The molecule has 3 rings (SSSR count). The molecule has 1 aromatic heterocycles. The molecule has 2 aromatic rings. The van der Waals surface area contributed by atoms with Crippen molar-refractivity contribution < 1.29 is 4.42 Å². The first-order valence-corrected chi connectivity index (χ1v) is 6.13. The number of nitrogens with one attached hydrogen (secondary N) is 1. The average molecular weight is 241 g/mol. The predicted octanol–water partition coefficient (Wildman–Crippen LogP) is 2.58. The van der Waals surface area contributed by atoms with Crippen LogP contribution in [0.4, 0.5) is 0 Å². The van der Waals surface area contributed by atoms with Gasteiger partial charge in [-0.2, -0.15) is 0 Å². The van der Waals surface area contributed by atoms with Gasteiger partial charge >= 0.3 is 0 Å². The largest absolute Gasteiger partial charge is 0.444 e. The van der Waals surface area contributed by atoms with E-state index in [0.717, 1.165) is 24.3 Å². The van der Waals surface area contributed by atoms with Crippen molar-refractivity contribution in [1.82, 2.24) is 9.88 Å². The SMILES string of the molecule is CCc1cnc(CN2Cc3ccccc3C2=N)o1. The van der Waals surface area contributed by atoms with E-state index in [1.54, 1.807) is 6.20 Å². The summed E-state index contributed by atoms with van der Waals surface area (Å²) in [7, 11) is 0. The number of hydrogen-bond donors (Lipinski definition) is 1. The van der Waals surface area contributed by atoms with Gasteiger partial charge < -0.3 is 9.32 Å². The topological polar surface area (TPSA) is 53.1 Å². The van der Waals surface area contributed by atoms with Crippen LogP contribution in [0.5, 0.6) is 0 Å². The molecule has 0 saturated heterocycles. The Balaban J connectivity index is 1.78. The molecule has 92 valence electrons. The van der Waals surface area contributed by atoms with Crippen molar-refractivity contribution in [2.24, 2.45) is 0 Å². The van der Waals surface area contributed by atoms with Gasteiger partial charge in [0, 0.05) is 18.5 Å². The summed E-state index contributed by atoms with van der Waals surface area (Å²) in [6.07, 6.45) is 2.62. The second kappa shape index (κ2) is 4.29. The highest BCUT2D eigenvalue weighted by Crippen LogP contribution is 2.23. The Hall–Kier alpha value is -2.10. The van der Waals surface area contributed by atoms with Crippen LogP contribution in [0.25, 0.3) is 0 Å². The fraction of sp³-hybridized carbons (Fsp3) is 0.286. The summed E-state index contributed by atoms with van der Waals surface area (Å²) in [5.41, 5.74) is 2.21. The number of aryl methyl sites for hydroxylation is 1. The third kappa shape index (κ3) is 1.79. The molecule has 0 radical (unpaired) electrons. The number of oxazole rings is 1. The van der Waals surface area contributed by atoms with Gasteiger partial charge in [-0.3, -0.25) is 5.41 Å². The van der Waals surface area contributed by atoms with Crippen LogP contribution in [0.15, 0.2) is 34.9 Å². The van der Waals surface area contributed by atoms with Crippen LogP contribution in [-0.4, -0.2) is 15.7 Å². The summed E-state index contributed by atoms with van der Waals surface area (Å²) in [5.74, 6) is 2.14. The van der Waals surface area contributed by atoms with Crippen LogP contribution in [0.1, 0.15) is 29.7 Å². The standard InChI is InChI=1S/C14H15N3O/c1-2-11-7-16-13(18-11)9-17-8-10-5-3-4-6-12(10)14(17)15/h3-7,15H,2,8-9H2,1H3. The quantitative estimate of drug-likeness (QED) is 0.898. The summed E-state index contributed by atoms with van der Waals surface area (Å²) < 4.78 is 5.59. The molecule has 0 bridgehead atoms. The first-order valence-electron chi connectivity index (χ1n) is 6.13. The number of hydrogen-bond acceptors (Lipinski definition) is 3. The first kappa shape index (κ1) is 11.0. The minimum absolute atomic E-state index is 0.557. The number of aromatic nitrogens is 1. The molecule has 1 aliphatic rings. The van der Waals surface area contributed by atoms with Crippen molar-refractivity contribution in [3.05, 3.63) is 53.2 Å². The van der Waals surface area contributed by atoms with Crippen LogP contribution >= 0.6 is 0 Å². The third-order valence-electron chi connectivity index (χ3n) is 3.23. The highest BCUT2D eigenvalue weighted by molar-refractivity contribution is 6.00. The van der Waals surface area contributed by atoms with Gasteiger partial charge in [0.2, 0.25) is 5.89 Å². The minimum Gasteiger partial charge on any atom is -0.444 e. The summed E-state index contributed by atoms with van der Waals surface area (Å²) >= 11 is 0. The van der Waals surface area contributed by atoms with Crippen LogP contribution in [0.2, 0.25) is 0 Å². The molecule has 0 atom stereocenters. The first-order chi connectivity index (χ1) is 8.78. The molecule has 0 fully saturated rings. The van der Waals surface area contributed by atoms with E-state index in [4.69, 9.17) is 9.83 Å². The zero-order valence-electron chi connectivity index (χ0n) is 10.3. The normalized spacial score (nSPS) is 14.1. The summed E-state index contributed by atoms with van der Waals surface area (Å²) in [5, 5.41) is 8.15. The predicted molar refractivity (Wildman–Crippen MR) is 68.4 cm³/mol. The molecule has 1 aliphatic heterocycles. The fourth-order valence-corrected chi connectivity index (χ4v) is 2.23. The molecule has 2 heterocycles. The third-order valence-corrected chi connectivity index (χ3v) is 3.23. The van der Waals surface area contributed by atoms with Gasteiger partial charge in [0.05, 0.1) is 12.7 Å². The van der Waals surface area contributed by atoms with E-state index in [0.29, 0.717) is 18.3 Å². The van der Waals surface area contributed by atoms with E-state index in [1.165, 1.54) is 5.56 Å². The van der Waals surface area contributed by atoms with Gasteiger partial charge in [-0.1, -0.05) is 31.2 Å². The molecule has 0 amide bonds. The Morgan fingerprint density at radius 1 is 1.39 bits per heavy atom. The lowest BCUT2D eigenvalue weighted by Gasteiger charge is -2.15. The summed E-state index contributed by atoms with van der Waals surface area (Å²) in [6, 6.07) is 8.04. The molecular weight excluding hydrogens is 226 g/mol. The van der Waals surface area contributed by atoms with E-state index in [9.17, 15) is 0 Å². The Kier molecular flexibility index (Phi) is 2.63. The Labute approximate surface area is 106 Å². The van der Waals surface area contributed by atoms with Crippen LogP contribution in [-0.2, 0) is 19.5 Å². The van der Waals surface area contributed by atoms with Gasteiger partial charge in [-0.25, -0.2) is 4.98 Å². The lowest BCUT2D eigenvalue weighted by Crippen LogP contribution is -2.23. The van der Waals surface area contributed by atoms with Crippen molar-refractivity contribution in [2.45, 2.75) is 26.4 Å². The molecule has 0 unspecified atom stereocenters. The van der Waals surface area contributed by atoms with Crippen molar-refractivity contribution >= 4 is 5.84 Å². The zero-order valence-corrected chi connectivity index (χ0v) is 10.3. The number of amidine groups is 1. The number of nitrogens with zero attached hydrogens (tertiary/aromatic N) is 2. The lowest BCUT2D eigenvalue weighted by atomic mass is 10.1. The number of benzene rings is 1. The van der Waals surface area contributed by atoms with E-state index in [2.05, 4.69) is 11.1 Å². The van der Waals surface area contributed by atoms with Gasteiger partial charge in [-0.05, 0) is 5.56 Å². The second-order valence-corrected chi connectivity index (χ2v) is 4.44. The Bertz CT molecular complexity index is 588. The van der Waals surface area contributed by atoms with E-state index in [-0.39, 0.29) is 0 Å². The van der Waals surface area contributed by atoms with Crippen LogP contribution in [0.3, 0.4) is 0 Å². The van der Waals surface area contributed by atoms with Gasteiger partial charge in [0.25, 0.3) is 0 Å². The van der Waals surface area contributed by atoms with Gasteiger partial charge in [0.1, 0.15) is 11.6 Å². The smallest absolute Gasteiger partial charge is 0.213 e. The van der Waals surface area contributed by atoms with Crippen molar-refractivity contribution in [3.63, 3.8) is 0 Å². The summed E-state index contributed by atoms with van der Waals surface area (Å²) in [6.45, 7) is 3.37. The van der Waals surface area contributed by atoms with Crippen molar-refractivity contribution in [2.75, 3.05) is 0 Å². The molecule has 18 heavy (non-hydrogen) atoms. The molecule has 0 saturated carbocycles. The van der Waals surface area contributed by atoms with E-state index >= 15 is 0 Å². The van der Waals surface area contributed by atoms with Crippen molar-refractivity contribution in [1.29, 1.82) is 5.41 Å². The minimum atomic E-state index is 0.557. The summed E-state index contributed by atoms with van der Waals surface area (Å²) in [4.78, 5) is 6.22. The van der Waals surface area contributed by atoms with E-state index in [1.807, 2.05) is 30.0 Å². The molecule has 4 heteroatoms. The zero-order chi connectivity index (χ0) is 12.5. The molecule has 0 spiro atoms. The molecule has 0 aliphatic carbocycles. The van der Waals surface area contributed by atoms with Gasteiger partial charge in [0.15, 0.2) is 0 Å². The fourth-order valence-electron chi connectivity index (χ4n) is 2.23. The number of rotatable bonds is 3. The molecule has 1 N–H and O–H groups in total. The lowest BCUT2D eigenvalue weighted by molar-refractivity contribution is 0.347. The molecule has 4 nitrogen and oxygen atoms in total. The van der Waals surface area contributed by atoms with Crippen molar-refractivity contribution in [3.8, 4) is 0 Å². The highest BCUT2D eigenvalue weighted by atomic mass is 16.4. The Morgan fingerprint density at radius 2 is 2.22 bits per heavy atom. The van der Waals surface area contributed by atoms with Gasteiger partial charge in [-0.15, -0.1) is 0 Å². The maximum atomic E-state index is 8.15. The average Bonchev–Trinajstić information content (AvgIpc) is 2.97.